The van der Waals surface area contributed by atoms with Crippen LogP contribution in [0.5, 0.6) is 5.75 Å². The van der Waals surface area contributed by atoms with Gasteiger partial charge in [0, 0.05) is 20.6 Å². The number of nitrogens with one attached hydrogen (secondary N) is 1. The highest BCUT2D eigenvalue weighted by Gasteiger charge is 2.36. The van der Waals surface area contributed by atoms with Crippen LogP contribution in [0.3, 0.4) is 0 Å². The Kier molecular flexibility index (Phi) is 7.63. The molecule has 1 saturated heterocycles. The number of ether oxygens (including phenoxy) is 1. The van der Waals surface area contributed by atoms with Gasteiger partial charge in [-0.2, -0.15) is 0 Å². The molecule has 0 bridgehead atoms. The maximum absolute atomic E-state index is 12.7. The van der Waals surface area contributed by atoms with E-state index in [-0.39, 0.29) is 11.4 Å². The van der Waals surface area contributed by atoms with Crippen molar-refractivity contribution in [2.75, 3.05) is 24.7 Å². The summed E-state index contributed by atoms with van der Waals surface area (Å²) in [7, 11) is 0. The summed E-state index contributed by atoms with van der Waals surface area (Å²) in [6.45, 7) is 2.00. The molecule has 0 aromatic heterocycles. The first-order chi connectivity index (χ1) is 14.4. The Morgan fingerprint density at radius 1 is 1.27 bits per heavy atom. The van der Waals surface area contributed by atoms with Crippen molar-refractivity contribution in [3.8, 4) is 5.75 Å². The van der Waals surface area contributed by atoms with Crippen molar-refractivity contribution in [3.05, 3.63) is 57.4 Å². The molecule has 1 heterocycles. The van der Waals surface area contributed by atoms with Crippen molar-refractivity contribution in [2.45, 2.75) is 11.8 Å². The molecule has 0 atom stereocenters. The number of carbonyl (C=O) groups is 3. The van der Waals surface area contributed by atoms with Crippen molar-refractivity contribution in [1.29, 1.82) is 0 Å². The zero-order chi connectivity index (χ0) is 21.7. The summed E-state index contributed by atoms with van der Waals surface area (Å²) in [6.07, 6.45) is 3.55. The minimum Gasteiger partial charge on any atom is -0.493 e. The van der Waals surface area contributed by atoms with Gasteiger partial charge in [-0.05, 0) is 67.4 Å². The fourth-order valence-electron chi connectivity index (χ4n) is 2.74. The van der Waals surface area contributed by atoms with Crippen LogP contribution in [0, 0.1) is 0 Å². The van der Waals surface area contributed by atoms with Gasteiger partial charge in [0.05, 0.1) is 11.5 Å². The molecule has 1 aliphatic rings. The van der Waals surface area contributed by atoms with Gasteiger partial charge >= 0.3 is 0 Å². The summed E-state index contributed by atoms with van der Waals surface area (Å²) in [6, 6.07) is 12.8. The Morgan fingerprint density at radius 2 is 2.07 bits per heavy atom. The smallest absolute Gasteiger partial charge is 0.294 e. The second-order valence-corrected chi connectivity index (χ2v) is 8.95. The average molecular weight is 507 g/mol. The van der Waals surface area contributed by atoms with Crippen molar-refractivity contribution in [2.24, 2.45) is 0 Å². The molecule has 1 fully saturated rings. The van der Waals surface area contributed by atoms with Crippen LogP contribution in [0.1, 0.15) is 12.5 Å². The molecular weight excluding hydrogens is 488 g/mol. The van der Waals surface area contributed by atoms with E-state index in [0.29, 0.717) is 23.6 Å². The molecule has 2 aromatic rings. The third-order valence-corrected chi connectivity index (χ3v) is 6.21. The molecule has 2 aromatic carbocycles. The highest BCUT2D eigenvalue weighted by Crippen LogP contribution is 2.34. The number of benzene rings is 2. The van der Waals surface area contributed by atoms with Gasteiger partial charge in [0.2, 0.25) is 5.91 Å². The van der Waals surface area contributed by atoms with Crippen LogP contribution in [-0.4, -0.2) is 41.4 Å². The Balaban J connectivity index is 1.74. The van der Waals surface area contributed by atoms with Crippen LogP contribution in [0.2, 0.25) is 0 Å². The van der Waals surface area contributed by atoms with Crippen LogP contribution in [0.15, 0.2) is 56.7 Å². The summed E-state index contributed by atoms with van der Waals surface area (Å²) < 4.78 is 6.41. The van der Waals surface area contributed by atoms with E-state index < -0.39 is 17.1 Å². The van der Waals surface area contributed by atoms with Crippen LogP contribution in [-0.2, 0) is 9.59 Å². The first-order valence-corrected chi connectivity index (χ1v) is 11.9. The number of imide groups is 1. The summed E-state index contributed by atoms with van der Waals surface area (Å²) in [5.74, 6) is -0.325. The third-order valence-electron chi connectivity index (χ3n) is 4.09. The number of carbonyl (C=O) groups excluding carboxylic acids is 3. The SMILES string of the molecule is CCOc1ccc(Br)cc1/C=C1/SC(=O)N(CC(=O)Nc2cccc(SC)c2)C1=O. The lowest BCUT2D eigenvalue weighted by atomic mass is 10.2. The molecule has 3 amide bonds. The maximum atomic E-state index is 12.7. The van der Waals surface area contributed by atoms with Crippen molar-refractivity contribution in [1.82, 2.24) is 4.90 Å². The van der Waals surface area contributed by atoms with Crippen molar-refractivity contribution in [3.63, 3.8) is 0 Å². The Hall–Kier alpha value is -2.23. The van der Waals surface area contributed by atoms with Crippen LogP contribution < -0.4 is 10.1 Å². The molecule has 0 saturated carbocycles. The second-order valence-electron chi connectivity index (χ2n) is 6.16. The molecule has 1 aliphatic heterocycles. The second kappa shape index (κ2) is 10.2. The van der Waals surface area contributed by atoms with E-state index in [1.165, 1.54) is 0 Å². The number of nitrogens with zero attached hydrogens (tertiary/aromatic N) is 1. The first-order valence-electron chi connectivity index (χ1n) is 9.03. The number of anilines is 1. The number of halogens is 1. The van der Waals surface area contributed by atoms with E-state index in [2.05, 4.69) is 21.2 Å². The number of amides is 3. The Bertz CT molecular complexity index is 1030. The third kappa shape index (κ3) is 5.47. The summed E-state index contributed by atoms with van der Waals surface area (Å²) in [5.41, 5.74) is 1.29. The molecule has 6 nitrogen and oxygen atoms in total. The van der Waals surface area contributed by atoms with E-state index >= 15 is 0 Å². The van der Waals surface area contributed by atoms with E-state index in [0.717, 1.165) is 26.0 Å². The molecule has 30 heavy (non-hydrogen) atoms. The van der Waals surface area contributed by atoms with E-state index in [1.54, 1.807) is 30.0 Å². The summed E-state index contributed by atoms with van der Waals surface area (Å²) in [4.78, 5) is 39.7. The molecule has 0 unspecified atom stereocenters. The molecule has 1 N–H and O–H groups in total. The van der Waals surface area contributed by atoms with Gasteiger partial charge in [-0.15, -0.1) is 11.8 Å². The van der Waals surface area contributed by atoms with Gasteiger partial charge in [-0.3, -0.25) is 19.3 Å². The normalized spacial score (nSPS) is 15.0. The van der Waals surface area contributed by atoms with Gasteiger partial charge in [0.1, 0.15) is 12.3 Å². The predicted molar refractivity (Wildman–Crippen MR) is 125 cm³/mol. The molecule has 0 aliphatic carbocycles. The Morgan fingerprint density at radius 3 is 2.80 bits per heavy atom. The monoisotopic (exact) mass is 506 g/mol. The quantitative estimate of drug-likeness (QED) is 0.408. The maximum Gasteiger partial charge on any atom is 0.294 e. The summed E-state index contributed by atoms with van der Waals surface area (Å²) >= 11 is 5.77. The number of rotatable bonds is 7. The zero-order valence-electron chi connectivity index (χ0n) is 16.3. The Labute approximate surface area is 191 Å². The number of thioether (sulfide) groups is 2. The molecule has 3 rings (SSSR count). The lowest BCUT2D eigenvalue weighted by Crippen LogP contribution is -2.36. The van der Waals surface area contributed by atoms with Crippen LogP contribution in [0.4, 0.5) is 10.5 Å². The standard InChI is InChI=1S/C21H19BrN2O4S2/c1-3-28-17-8-7-14(22)9-13(17)10-18-20(26)24(21(27)30-18)12-19(25)23-15-5-4-6-16(11-15)29-2/h4-11H,3,12H2,1-2H3,(H,23,25)/b18-10+. The minimum absolute atomic E-state index is 0.247. The molecule has 156 valence electrons. The van der Waals surface area contributed by atoms with E-state index in [4.69, 9.17) is 4.74 Å². The summed E-state index contributed by atoms with van der Waals surface area (Å²) in [5, 5.41) is 2.25. The van der Waals surface area contributed by atoms with Crippen molar-refractivity contribution >= 4 is 68.3 Å². The first kappa shape index (κ1) is 22.5. The van der Waals surface area contributed by atoms with E-state index in [1.807, 2.05) is 43.5 Å². The fourth-order valence-corrected chi connectivity index (χ4v) is 4.41. The fraction of sp³-hybridized carbons (Fsp3) is 0.190. The minimum atomic E-state index is -0.500. The predicted octanol–water partition coefficient (Wildman–Crippen LogP) is 5.24. The topological polar surface area (TPSA) is 75.7 Å². The highest BCUT2D eigenvalue weighted by molar-refractivity contribution is 9.10. The van der Waals surface area contributed by atoms with Gasteiger partial charge in [-0.1, -0.05) is 22.0 Å². The highest BCUT2D eigenvalue weighted by atomic mass is 79.9. The molecular formula is C21H19BrN2O4S2. The van der Waals surface area contributed by atoms with Crippen LogP contribution in [0.25, 0.3) is 6.08 Å². The number of hydrogen-bond donors (Lipinski definition) is 1. The van der Waals surface area contributed by atoms with Gasteiger partial charge in [0.25, 0.3) is 11.1 Å². The lowest BCUT2D eigenvalue weighted by Gasteiger charge is -2.13. The van der Waals surface area contributed by atoms with Crippen LogP contribution >= 0.6 is 39.5 Å². The molecule has 9 heteroatoms. The average Bonchev–Trinajstić information content (AvgIpc) is 2.97. The van der Waals surface area contributed by atoms with Crippen molar-refractivity contribution < 1.29 is 19.1 Å². The zero-order valence-corrected chi connectivity index (χ0v) is 19.5. The number of hydrogen-bond acceptors (Lipinski definition) is 6. The van der Waals surface area contributed by atoms with Gasteiger partial charge in [-0.25, -0.2) is 0 Å². The molecule has 0 radical (unpaired) electrons. The molecule has 0 spiro atoms. The largest absolute Gasteiger partial charge is 0.493 e. The van der Waals surface area contributed by atoms with Gasteiger partial charge < -0.3 is 10.1 Å². The van der Waals surface area contributed by atoms with Gasteiger partial charge in [0.15, 0.2) is 0 Å². The van der Waals surface area contributed by atoms with E-state index in [9.17, 15) is 14.4 Å². The lowest BCUT2D eigenvalue weighted by molar-refractivity contribution is -0.127.